The fraction of sp³-hybridized carbons (Fsp3) is 0.0769. The van der Waals surface area contributed by atoms with Crippen LogP contribution in [0.25, 0.3) is 291 Å². The Morgan fingerprint density at radius 1 is 0.273 bits per heavy atom. The number of hydrogen-bond donors (Lipinski definition) is 1. The first kappa shape index (κ1) is 23.8. The van der Waals surface area contributed by atoms with Crippen molar-refractivity contribution in [2.75, 3.05) is 6.54 Å². The summed E-state index contributed by atoms with van der Waals surface area (Å²) >= 11 is 0. The van der Waals surface area contributed by atoms with Gasteiger partial charge in [0.25, 0.3) is 0 Å². The molecule has 1 nitrogen and oxygen atoms in total. The second-order valence-electron chi connectivity index (χ2n) is 24.8. The summed E-state index contributed by atoms with van der Waals surface area (Å²) in [5.41, 5.74) is 6.41. The number of benzene rings is 18. The van der Waals surface area contributed by atoms with E-state index in [1.807, 2.05) is 0 Å². The zero-order chi connectivity index (χ0) is 38.9. The number of terminal acetylenes is 1. The molecule has 4 aliphatic carbocycles. The van der Waals surface area contributed by atoms with Gasteiger partial charge in [-0.05, 0) is 313 Å². The van der Waals surface area contributed by atoms with E-state index in [1.165, 1.54) is 0 Å². The third-order valence-electron chi connectivity index (χ3n) is 25.0. The molecule has 272 valence electrons. The molecule has 1 atom stereocenters. The summed E-state index contributed by atoms with van der Waals surface area (Å²) in [5, 5.41) is 94.1. The van der Waals surface area contributed by atoms with E-state index in [4.69, 9.17) is 6.42 Å². The van der Waals surface area contributed by atoms with E-state index in [0.717, 1.165) is 13.0 Å². The predicted octanol–water partition coefficient (Wildman–Crippen LogP) is 16.3. The zero-order valence-electron chi connectivity index (χ0n) is 33.6. The highest BCUT2D eigenvalue weighted by Gasteiger charge is 2.74. The lowest BCUT2D eigenvalue weighted by Crippen LogP contribution is -2.54. The van der Waals surface area contributed by atoms with Crippen molar-refractivity contribution in [2.24, 2.45) is 0 Å². The molecular weight excluding hydrogens is 795 g/mol. The molecule has 2 spiro atoms. The lowest BCUT2D eigenvalue weighted by atomic mass is 9.48. The molecule has 1 heteroatoms. The highest BCUT2D eigenvalue weighted by atomic mass is 15.0. The average molecular weight is 802 g/mol. The Morgan fingerprint density at radius 3 is 0.621 bits per heavy atom. The first-order valence-corrected chi connectivity index (χ1v) is 24.8. The van der Waals surface area contributed by atoms with E-state index in [-0.39, 0.29) is 16.9 Å². The Balaban J connectivity index is 1.26. The molecule has 66 heavy (non-hydrogen) atoms. The third-order valence-corrected chi connectivity index (χ3v) is 25.0. The number of hydrogen-bond acceptors (Lipinski definition) is 1. The second-order valence-corrected chi connectivity index (χ2v) is 24.8. The van der Waals surface area contributed by atoms with Gasteiger partial charge in [0.1, 0.15) is 0 Å². The van der Waals surface area contributed by atoms with Crippen molar-refractivity contribution in [2.45, 2.75) is 23.3 Å². The van der Waals surface area contributed by atoms with Gasteiger partial charge in [-0.15, -0.1) is 12.3 Å². The van der Waals surface area contributed by atoms with Crippen LogP contribution in [0.1, 0.15) is 28.7 Å². The van der Waals surface area contributed by atoms with Crippen LogP contribution in [0, 0.1) is 12.3 Å². The molecule has 5 aliphatic rings. The smallest absolute Gasteiger partial charge is 0.0540 e. The normalized spacial score (nSPS) is 24.3. The van der Waals surface area contributed by atoms with Gasteiger partial charge in [0.05, 0.1) is 10.8 Å². The van der Waals surface area contributed by atoms with Crippen molar-refractivity contribution in [1.29, 1.82) is 0 Å². The van der Waals surface area contributed by atoms with E-state index < -0.39 is 0 Å². The molecule has 0 bridgehead atoms. The molecule has 1 saturated heterocycles. The first-order chi connectivity index (χ1) is 32.9. The summed E-state index contributed by atoms with van der Waals surface area (Å²) in [7, 11) is 0. The van der Waals surface area contributed by atoms with Gasteiger partial charge in [-0.1, -0.05) is 0 Å². The maximum absolute atomic E-state index is 6.74. The fourth-order valence-electron chi connectivity index (χ4n) is 25.2. The van der Waals surface area contributed by atoms with Crippen molar-refractivity contribution in [1.82, 2.24) is 5.32 Å². The molecule has 1 N–H and O–H groups in total. The van der Waals surface area contributed by atoms with Gasteiger partial charge in [-0.3, -0.25) is 0 Å². The van der Waals surface area contributed by atoms with E-state index in [1.54, 1.807) is 313 Å². The monoisotopic (exact) mass is 801 g/mol. The number of rotatable bonds is 1. The third kappa shape index (κ3) is 1.17. The Labute approximate surface area is 358 Å². The lowest BCUT2D eigenvalue weighted by molar-refractivity contribution is 0.357. The first-order valence-electron chi connectivity index (χ1n) is 24.8. The molecule has 1 unspecified atom stereocenters. The van der Waals surface area contributed by atoms with Crippen LogP contribution in [-0.4, -0.2) is 12.6 Å². The zero-order valence-corrected chi connectivity index (χ0v) is 33.6. The van der Waals surface area contributed by atoms with E-state index in [0.29, 0.717) is 0 Å². The maximum Gasteiger partial charge on any atom is 0.0540 e. The van der Waals surface area contributed by atoms with Gasteiger partial charge < -0.3 is 5.32 Å². The summed E-state index contributed by atoms with van der Waals surface area (Å²) in [6.45, 7) is 0.967. The van der Waals surface area contributed by atoms with Crippen molar-refractivity contribution in [3.05, 3.63) is 22.3 Å². The largest absolute Gasteiger partial charge is 0.310 e. The van der Waals surface area contributed by atoms with Gasteiger partial charge in [0, 0.05) is 19.0 Å². The Morgan fingerprint density at radius 2 is 0.439 bits per heavy atom. The standard InChI is InChI=1S/C65H7N/c1-2-3-5-65-62-56-50-40-28-20-12-8-6-7-10-14(12)22(28)32-26-18(10)19-11(7)15-13-9(6)17-16(8)24-30(20)38-44-34(24)35-25(17)31-21(13)29-23(15)33-27(19)37-36(26)48(42(32)50)58(62)59-49(37)43(33)51-41(29)47-39(31)45(35)53-52(44)60(54(56)46(38)40)64(65,4-66-5)61(53)55(47)57(51)63(59)65/h1,5,66H,3-4H2. The Bertz CT molecular complexity index is 6910. The van der Waals surface area contributed by atoms with Crippen molar-refractivity contribution >= 4 is 291 Å². The van der Waals surface area contributed by atoms with Crippen LogP contribution >= 0.6 is 0 Å². The van der Waals surface area contributed by atoms with Crippen molar-refractivity contribution in [3.8, 4) is 12.3 Å². The van der Waals surface area contributed by atoms with Crippen LogP contribution in [0.3, 0.4) is 0 Å². The molecule has 1 aliphatic heterocycles. The summed E-state index contributed by atoms with van der Waals surface area (Å²) in [4.78, 5) is 0. The molecular formula is C65H7N. The summed E-state index contributed by atoms with van der Waals surface area (Å²) < 4.78 is 0. The molecule has 28 aromatic rings. The minimum atomic E-state index is -0.287. The molecule has 28 aromatic carbocycles. The van der Waals surface area contributed by atoms with Gasteiger partial charge in [0.15, 0.2) is 0 Å². The van der Waals surface area contributed by atoms with Gasteiger partial charge >= 0.3 is 0 Å². The molecule has 1 heterocycles. The van der Waals surface area contributed by atoms with Crippen LogP contribution in [-0.2, 0) is 10.8 Å². The molecule has 33 rings (SSSR count). The number of nitrogens with one attached hydrogen (secondary N) is 1. The summed E-state index contributed by atoms with van der Waals surface area (Å²) in [5.74, 6) is 3.41. The van der Waals surface area contributed by atoms with E-state index >= 15 is 0 Å². The fourth-order valence-corrected chi connectivity index (χ4v) is 25.2. The average Bonchev–Trinajstić information content (AvgIpc) is 4.17. The van der Waals surface area contributed by atoms with E-state index in [9.17, 15) is 0 Å². The molecule has 0 saturated carbocycles. The second kappa shape index (κ2) is 5.22. The summed E-state index contributed by atoms with van der Waals surface area (Å²) in [6, 6.07) is 0.151. The maximum atomic E-state index is 6.74. The topological polar surface area (TPSA) is 12.0 Å². The van der Waals surface area contributed by atoms with Crippen molar-refractivity contribution < 1.29 is 0 Å². The molecule has 0 aromatic heterocycles. The molecule has 0 amide bonds. The van der Waals surface area contributed by atoms with E-state index in [2.05, 4.69) is 11.2 Å². The van der Waals surface area contributed by atoms with Crippen LogP contribution in [0.2, 0.25) is 0 Å². The minimum Gasteiger partial charge on any atom is -0.310 e. The van der Waals surface area contributed by atoms with Crippen LogP contribution in [0.15, 0.2) is 0 Å². The highest BCUT2D eigenvalue weighted by Crippen LogP contribution is 2.85. The van der Waals surface area contributed by atoms with Crippen LogP contribution < -0.4 is 5.32 Å². The van der Waals surface area contributed by atoms with Crippen LogP contribution in [0.5, 0.6) is 0 Å². The SMILES string of the molecule is C#CCC1NCC23c4c5c6c7c8c9c(c%10c%11c2c2c4c4c%12c5c5c6c6c8c8c%13c9c9c%10c%10c%11c%11c2c2c4c4c%12c%12c5c5c6c8c6c8c%13c9c9c%10c%10c%11c2c2c4c4c%12c5c6c5c8c9c%10c2c45)C713. The quantitative estimate of drug-likeness (QED) is 0.129. The van der Waals surface area contributed by atoms with Crippen LogP contribution in [0.4, 0.5) is 0 Å². The lowest BCUT2D eigenvalue weighted by Gasteiger charge is -2.51. The Hall–Kier alpha value is -8.02. The highest BCUT2D eigenvalue weighted by molar-refractivity contribution is 6.82. The van der Waals surface area contributed by atoms with Gasteiger partial charge in [-0.2, -0.15) is 0 Å². The molecule has 1 fully saturated rings. The minimum absolute atomic E-state index is 0.151. The summed E-state index contributed by atoms with van der Waals surface area (Å²) in [6.07, 6.45) is 7.49. The van der Waals surface area contributed by atoms with Crippen molar-refractivity contribution in [3.63, 3.8) is 0 Å². The Kier molecular flexibility index (Phi) is 1.88. The molecule has 0 radical (unpaired) electrons. The van der Waals surface area contributed by atoms with Gasteiger partial charge in [0.2, 0.25) is 0 Å². The van der Waals surface area contributed by atoms with Gasteiger partial charge in [-0.25, -0.2) is 0 Å². The predicted molar refractivity (Wildman–Crippen MR) is 279 cm³/mol.